The van der Waals surface area contributed by atoms with Gasteiger partial charge < -0.3 is 19.9 Å². The number of halogens is 3. The second kappa shape index (κ2) is 11.1. The van der Waals surface area contributed by atoms with Gasteiger partial charge in [0.1, 0.15) is 11.6 Å². The highest BCUT2D eigenvalue weighted by atomic mass is 32.2. The van der Waals surface area contributed by atoms with E-state index in [0.717, 1.165) is 23.9 Å². The molecular formula is C22H22F3N5O3S. The van der Waals surface area contributed by atoms with Gasteiger partial charge in [0, 0.05) is 31.3 Å². The number of thioether (sulfide) groups is 1. The lowest BCUT2D eigenvalue weighted by Gasteiger charge is -2.09. The van der Waals surface area contributed by atoms with Crippen LogP contribution in [0.5, 0.6) is 5.75 Å². The molecule has 2 aromatic carbocycles. The minimum Gasteiger partial charge on any atom is -0.497 e. The molecule has 0 atom stereocenters. The summed E-state index contributed by atoms with van der Waals surface area (Å²) in [5.41, 5.74) is -0.00870. The van der Waals surface area contributed by atoms with Crippen molar-refractivity contribution in [3.8, 4) is 5.75 Å². The number of methoxy groups -OCH3 is 1. The van der Waals surface area contributed by atoms with Crippen molar-refractivity contribution in [2.45, 2.75) is 17.8 Å². The van der Waals surface area contributed by atoms with E-state index in [1.54, 1.807) is 43.0 Å². The summed E-state index contributed by atoms with van der Waals surface area (Å²) < 4.78 is 44.6. The first-order valence-corrected chi connectivity index (χ1v) is 11.1. The van der Waals surface area contributed by atoms with Crippen LogP contribution in [0.15, 0.2) is 53.7 Å². The van der Waals surface area contributed by atoms with Gasteiger partial charge in [0.05, 0.1) is 18.4 Å². The maximum absolute atomic E-state index is 12.6. The van der Waals surface area contributed by atoms with Crippen molar-refractivity contribution in [1.29, 1.82) is 0 Å². The maximum Gasteiger partial charge on any atom is 0.416 e. The highest BCUT2D eigenvalue weighted by Crippen LogP contribution is 2.29. The lowest BCUT2D eigenvalue weighted by atomic mass is 10.2. The Morgan fingerprint density at radius 1 is 1.06 bits per heavy atom. The van der Waals surface area contributed by atoms with Crippen molar-refractivity contribution in [3.05, 3.63) is 65.5 Å². The van der Waals surface area contributed by atoms with E-state index < -0.39 is 11.7 Å². The molecule has 0 bridgehead atoms. The largest absolute Gasteiger partial charge is 0.497 e. The minimum absolute atomic E-state index is 0.00119. The Morgan fingerprint density at radius 3 is 2.35 bits per heavy atom. The standard InChI is InChI=1S/C22H22F3N5O3S/c1-30-18(11-12-26-20(32)14-3-9-17(33-2)10-4-14)28-29-21(30)34-13-19(31)27-16-7-5-15(6-8-16)22(23,24)25/h3-10H,11-13H2,1-2H3,(H,26,32)(H,27,31). The zero-order valence-corrected chi connectivity index (χ0v) is 19.2. The van der Waals surface area contributed by atoms with Crippen LogP contribution in [0.3, 0.4) is 0 Å². The van der Waals surface area contributed by atoms with Crippen LogP contribution < -0.4 is 15.4 Å². The van der Waals surface area contributed by atoms with Crippen LogP contribution in [0.2, 0.25) is 0 Å². The number of anilines is 1. The third kappa shape index (κ3) is 6.73. The average molecular weight is 494 g/mol. The fraction of sp³-hybridized carbons (Fsp3) is 0.273. The van der Waals surface area contributed by atoms with E-state index in [4.69, 9.17) is 4.74 Å². The van der Waals surface area contributed by atoms with E-state index in [1.807, 2.05) is 0 Å². The smallest absolute Gasteiger partial charge is 0.416 e. The molecule has 3 rings (SSSR count). The number of carbonyl (C=O) groups excluding carboxylic acids is 2. The number of amides is 2. The third-order valence-corrected chi connectivity index (χ3v) is 5.76. The Labute approximate surface area is 197 Å². The molecule has 0 unspecified atom stereocenters. The Morgan fingerprint density at radius 2 is 1.74 bits per heavy atom. The zero-order valence-electron chi connectivity index (χ0n) is 18.3. The normalized spacial score (nSPS) is 11.2. The summed E-state index contributed by atoms with van der Waals surface area (Å²) in [6.45, 7) is 0.343. The first-order chi connectivity index (χ1) is 16.2. The van der Waals surface area contributed by atoms with Gasteiger partial charge in [-0.3, -0.25) is 9.59 Å². The molecule has 0 spiro atoms. The molecule has 3 aromatic rings. The van der Waals surface area contributed by atoms with E-state index in [0.29, 0.717) is 35.3 Å². The molecule has 0 aliphatic rings. The topological polar surface area (TPSA) is 98.1 Å². The summed E-state index contributed by atoms with van der Waals surface area (Å²) in [4.78, 5) is 24.4. The molecule has 0 saturated carbocycles. The Balaban J connectivity index is 1.45. The molecule has 2 amide bonds. The second-order valence-corrected chi connectivity index (χ2v) is 8.05. The predicted molar refractivity (Wildman–Crippen MR) is 121 cm³/mol. The van der Waals surface area contributed by atoms with E-state index in [2.05, 4.69) is 20.8 Å². The molecular weight excluding hydrogens is 471 g/mol. The summed E-state index contributed by atoms with van der Waals surface area (Å²) in [5.74, 6) is 0.677. The van der Waals surface area contributed by atoms with Crippen LogP contribution in [-0.4, -0.2) is 46.0 Å². The van der Waals surface area contributed by atoms with E-state index in [9.17, 15) is 22.8 Å². The van der Waals surface area contributed by atoms with E-state index >= 15 is 0 Å². The van der Waals surface area contributed by atoms with Crippen LogP contribution in [0.4, 0.5) is 18.9 Å². The number of hydrogen-bond donors (Lipinski definition) is 2. The summed E-state index contributed by atoms with van der Waals surface area (Å²) in [5, 5.41) is 14.0. The van der Waals surface area contributed by atoms with Gasteiger partial charge in [-0.25, -0.2) is 0 Å². The number of hydrogen-bond acceptors (Lipinski definition) is 6. The van der Waals surface area contributed by atoms with Crippen molar-refractivity contribution < 1.29 is 27.5 Å². The van der Waals surface area contributed by atoms with Crippen LogP contribution >= 0.6 is 11.8 Å². The van der Waals surface area contributed by atoms with Crippen LogP contribution in [0.25, 0.3) is 0 Å². The van der Waals surface area contributed by atoms with Gasteiger partial charge in [-0.2, -0.15) is 13.2 Å². The number of benzene rings is 2. The van der Waals surface area contributed by atoms with Crippen molar-refractivity contribution in [3.63, 3.8) is 0 Å². The Bertz CT molecular complexity index is 1130. The molecule has 0 fully saturated rings. The number of ether oxygens (including phenoxy) is 1. The monoisotopic (exact) mass is 493 g/mol. The summed E-state index contributed by atoms with van der Waals surface area (Å²) >= 11 is 1.14. The van der Waals surface area contributed by atoms with Gasteiger partial charge in [-0.05, 0) is 48.5 Å². The molecule has 8 nitrogen and oxygen atoms in total. The molecule has 34 heavy (non-hydrogen) atoms. The molecule has 0 aliphatic carbocycles. The molecule has 1 aromatic heterocycles. The number of nitrogens with one attached hydrogen (secondary N) is 2. The fourth-order valence-electron chi connectivity index (χ4n) is 2.89. The van der Waals surface area contributed by atoms with E-state index in [1.165, 1.54) is 12.1 Å². The molecule has 2 N–H and O–H groups in total. The van der Waals surface area contributed by atoms with Crippen LogP contribution in [0.1, 0.15) is 21.7 Å². The number of nitrogens with zero attached hydrogens (tertiary/aromatic N) is 3. The first-order valence-electron chi connectivity index (χ1n) is 10.1. The Kier molecular flexibility index (Phi) is 8.16. The molecule has 180 valence electrons. The zero-order chi connectivity index (χ0) is 24.7. The van der Waals surface area contributed by atoms with Crippen molar-refractivity contribution in [2.75, 3.05) is 24.7 Å². The predicted octanol–water partition coefficient (Wildman–Crippen LogP) is 3.55. The van der Waals surface area contributed by atoms with Gasteiger partial charge in [0.2, 0.25) is 5.91 Å². The second-order valence-electron chi connectivity index (χ2n) is 7.10. The van der Waals surface area contributed by atoms with Gasteiger partial charge >= 0.3 is 6.18 Å². The van der Waals surface area contributed by atoms with Gasteiger partial charge in [0.25, 0.3) is 5.91 Å². The lowest BCUT2D eigenvalue weighted by molar-refractivity contribution is -0.137. The van der Waals surface area contributed by atoms with Crippen molar-refractivity contribution in [1.82, 2.24) is 20.1 Å². The van der Waals surface area contributed by atoms with Crippen molar-refractivity contribution >= 4 is 29.3 Å². The number of alkyl halides is 3. The minimum atomic E-state index is -4.43. The number of carbonyl (C=O) groups is 2. The highest BCUT2D eigenvalue weighted by molar-refractivity contribution is 7.99. The number of rotatable bonds is 9. The van der Waals surface area contributed by atoms with Gasteiger partial charge in [-0.1, -0.05) is 11.8 Å². The number of aromatic nitrogens is 3. The molecule has 12 heteroatoms. The fourth-order valence-corrected chi connectivity index (χ4v) is 3.62. The highest BCUT2D eigenvalue weighted by Gasteiger charge is 2.30. The lowest BCUT2D eigenvalue weighted by Crippen LogP contribution is -2.26. The van der Waals surface area contributed by atoms with E-state index in [-0.39, 0.29) is 23.3 Å². The Hall–Kier alpha value is -3.54. The quantitative estimate of drug-likeness (QED) is 0.443. The molecule has 0 saturated heterocycles. The third-order valence-electron chi connectivity index (χ3n) is 4.74. The summed E-state index contributed by atoms with van der Waals surface area (Å²) in [6, 6.07) is 11.0. The van der Waals surface area contributed by atoms with Crippen LogP contribution in [0, 0.1) is 0 Å². The first kappa shape index (κ1) is 25.1. The SMILES string of the molecule is COc1ccc(C(=O)NCCc2nnc(SCC(=O)Nc3ccc(C(F)(F)F)cc3)n2C)cc1. The molecule has 1 heterocycles. The van der Waals surface area contributed by atoms with Gasteiger partial charge in [0.15, 0.2) is 5.16 Å². The molecule has 0 aliphatic heterocycles. The summed E-state index contributed by atoms with van der Waals surface area (Å²) in [6.07, 6.45) is -4.00. The maximum atomic E-state index is 12.6. The summed E-state index contributed by atoms with van der Waals surface area (Å²) in [7, 11) is 3.30. The van der Waals surface area contributed by atoms with Gasteiger partial charge in [-0.15, -0.1) is 10.2 Å². The molecule has 0 radical (unpaired) electrons. The average Bonchev–Trinajstić information content (AvgIpc) is 3.16. The van der Waals surface area contributed by atoms with Crippen LogP contribution in [-0.2, 0) is 24.4 Å². The van der Waals surface area contributed by atoms with Crippen molar-refractivity contribution in [2.24, 2.45) is 7.05 Å².